The Labute approximate surface area is 151 Å². The summed E-state index contributed by atoms with van der Waals surface area (Å²) in [6.07, 6.45) is 3.80. The number of rotatable bonds is 3. The van der Waals surface area contributed by atoms with Crippen molar-refractivity contribution in [1.29, 1.82) is 0 Å². The maximum Gasteiger partial charge on any atom is 0.294 e. The summed E-state index contributed by atoms with van der Waals surface area (Å²) in [5.41, 5.74) is 1.78. The number of amides is 2. The fraction of sp³-hybridized carbons (Fsp3) is 0.250. The fourth-order valence-corrected chi connectivity index (χ4v) is 3.33. The average Bonchev–Trinajstić information content (AvgIpc) is 3.35. The molecule has 1 aliphatic rings. The monoisotopic (exact) mass is 348 g/mol. The van der Waals surface area contributed by atoms with Gasteiger partial charge in [-0.3, -0.25) is 14.0 Å². The first-order chi connectivity index (χ1) is 12.7. The van der Waals surface area contributed by atoms with E-state index in [1.807, 2.05) is 53.4 Å². The molecule has 0 unspecified atom stereocenters. The van der Waals surface area contributed by atoms with E-state index in [9.17, 15) is 9.59 Å². The standard InChI is InChI=1S/C20H20N4O2/c1-22(15-9-3-2-4-10-15)20(26)18-21-17(16-11-5-6-14-24(16)18)19(25)23-12-7-8-13-23/h2-6,9-11,14H,7-8,12-13H2,1H3. The molecule has 4 rings (SSSR count). The Bertz CT molecular complexity index is 958. The molecule has 0 N–H and O–H groups in total. The van der Waals surface area contributed by atoms with Crippen molar-refractivity contribution in [3.63, 3.8) is 0 Å². The number of hydrogen-bond acceptors (Lipinski definition) is 3. The maximum absolute atomic E-state index is 13.0. The molecule has 1 fully saturated rings. The molecule has 26 heavy (non-hydrogen) atoms. The topological polar surface area (TPSA) is 57.9 Å². The zero-order valence-corrected chi connectivity index (χ0v) is 14.6. The van der Waals surface area contributed by atoms with E-state index in [0.29, 0.717) is 11.2 Å². The predicted molar refractivity (Wildman–Crippen MR) is 99.5 cm³/mol. The molecule has 3 heterocycles. The lowest BCUT2D eigenvalue weighted by atomic mass is 10.3. The van der Waals surface area contributed by atoms with Gasteiger partial charge in [-0.25, -0.2) is 4.98 Å². The molecule has 1 aromatic carbocycles. The molecule has 0 bridgehead atoms. The number of imidazole rings is 1. The first-order valence-electron chi connectivity index (χ1n) is 8.76. The Hall–Kier alpha value is -3.15. The molecule has 2 amide bonds. The molecule has 6 nitrogen and oxygen atoms in total. The second-order valence-electron chi connectivity index (χ2n) is 6.44. The van der Waals surface area contributed by atoms with Crippen LogP contribution < -0.4 is 4.90 Å². The van der Waals surface area contributed by atoms with E-state index in [4.69, 9.17) is 0 Å². The molecule has 0 saturated carbocycles. The molecule has 2 aromatic heterocycles. The molecule has 1 aliphatic heterocycles. The van der Waals surface area contributed by atoms with Gasteiger partial charge in [-0.05, 0) is 37.1 Å². The summed E-state index contributed by atoms with van der Waals surface area (Å²) in [6, 6.07) is 14.9. The molecule has 1 saturated heterocycles. The van der Waals surface area contributed by atoms with Crippen LogP contribution in [0.1, 0.15) is 33.9 Å². The third kappa shape index (κ3) is 2.73. The smallest absolute Gasteiger partial charge is 0.294 e. The van der Waals surface area contributed by atoms with Crippen LogP contribution in [0.3, 0.4) is 0 Å². The number of nitrogens with zero attached hydrogens (tertiary/aromatic N) is 4. The molecule has 0 spiro atoms. The quantitative estimate of drug-likeness (QED) is 0.731. The molecular weight excluding hydrogens is 328 g/mol. The van der Waals surface area contributed by atoms with Gasteiger partial charge in [-0.1, -0.05) is 24.3 Å². The molecule has 0 aliphatic carbocycles. The summed E-state index contributed by atoms with van der Waals surface area (Å²) in [5.74, 6) is -0.111. The number of fused-ring (bicyclic) bond motifs is 1. The number of carbonyl (C=O) groups is 2. The summed E-state index contributed by atoms with van der Waals surface area (Å²) in [5, 5.41) is 0. The van der Waals surface area contributed by atoms with Gasteiger partial charge in [0.2, 0.25) is 5.82 Å². The van der Waals surface area contributed by atoms with Crippen LogP contribution in [0.5, 0.6) is 0 Å². The van der Waals surface area contributed by atoms with Crippen molar-refractivity contribution in [2.75, 3.05) is 25.0 Å². The van der Waals surface area contributed by atoms with Gasteiger partial charge in [0.15, 0.2) is 5.69 Å². The highest BCUT2D eigenvalue weighted by Crippen LogP contribution is 2.20. The van der Waals surface area contributed by atoms with Crippen LogP contribution in [0.15, 0.2) is 54.7 Å². The second-order valence-corrected chi connectivity index (χ2v) is 6.44. The van der Waals surface area contributed by atoms with Gasteiger partial charge in [-0.2, -0.15) is 0 Å². The van der Waals surface area contributed by atoms with E-state index in [-0.39, 0.29) is 17.6 Å². The highest BCUT2D eigenvalue weighted by molar-refractivity contribution is 6.07. The van der Waals surface area contributed by atoms with Crippen molar-refractivity contribution in [3.8, 4) is 0 Å². The third-order valence-electron chi connectivity index (χ3n) is 4.78. The van der Waals surface area contributed by atoms with Gasteiger partial charge < -0.3 is 9.80 Å². The zero-order valence-electron chi connectivity index (χ0n) is 14.6. The number of aromatic nitrogens is 2. The van der Waals surface area contributed by atoms with E-state index in [1.54, 1.807) is 22.5 Å². The fourth-order valence-electron chi connectivity index (χ4n) is 3.33. The van der Waals surface area contributed by atoms with E-state index in [1.165, 1.54) is 0 Å². The molecular formula is C20H20N4O2. The van der Waals surface area contributed by atoms with Crippen molar-refractivity contribution < 1.29 is 9.59 Å². The normalized spacial score (nSPS) is 14.0. The van der Waals surface area contributed by atoms with Gasteiger partial charge >= 0.3 is 0 Å². The van der Waals surface area contributed by atoms with E-state index >= 15 is 0 Å². The number of para-hydroxylation sites is 1. The second kappa shape index (κ2) is 6.63. The summed E-state index contributed by atoms with van der Waals surface area (Å²) in [4.78, 5) is 33.7. The number of pyridine rings is 1. The van der Waals surface area contributed by atoms with Crippen LogP contribution in [-0.2, 0) is 0 Å². The van der Waals surface area contributed by atoms with Gasteiger partial charge in [0.1, 0.15) is 0 Å². The van der Waals surface area contributed by atoms with Crippen molar-refractivity contribution in [2.45, 2.75) is 12.8 Å². The first-order valence-corrected chi connectivity index (χ1v) is 8.76. The molecule has 0 atom stereocenters. The Balaban J connectivity index is 1.76. The van der Waals surface area contributed by atoms with Crippen LogP contribution in [-0.4, -0.2) is 46.2 Å². The van der Waals surface area contributed by atoms with Crippen molar-refractivity contribution in [1.82, 2.24) is 14.3 Å². The lowest BCUT2D eigenvalue weighted by molar-refractivity contribution is 0.0789. The van der Waals surface area contributed by atoms with E-state index in [0.717, 1.165) is 31.6 Å². The Morgan fingerprint density at radius 3 is 2.42 bits per heavy atom. The van der Waals surface area contributed by atoms with Gasteiger partial charge in [0, 0.05) is 32.0 Å². The zero-order chi connectivity index (χ0) is 18.1. The van der Waals surface area contributed by atoms with E-state index < -0.39 is 0 Å². The molecule has 132 valence electrons. The lowest BCUT2D eigenvalue weighted by Crippen LogP contribution is -2.29. The summed E-state index contributed by atoms with van der Waals surface area (Å²) >= 11 is 0. The SMILES string of the molecule is CN(C(=O)c1nc(C(=O)N2CCCC2)c2ccccn12)c1ccccc1. The van der Waals surface area contributed by atoms with Crippen molar-refractivity contribution in [3.05, 3.63) is 66.2 Å². The number of benzene rings is 1. The average molecular weight is 348 g/mol. The maximum atomic E-state index is 13.0. The number of likely N-dealkylation sites (tertiary alicyclic amines) is 1. The number of anilines is 1. The minimum Gasteiger partial charge on any atom is -0.337 e. The Kier molecular flexibility index (Phi) is 4.16. The highest BCUT2D eigenvalue weighted by Gasteiger charge is 2.28. The summed E-state index contributed by atoms with van der Waals surface area (Å²) in [6.45, 7) is 1.50. The highest BCUT2D eigenvalue weighted by atomic mass is 16.2. The van der Waals surface area contributed by atoms with Crippen molar-refractivity contribution in [2.24, 2.45) is 0 Å². The lowest BCUT2D eigenvalue weighted by Gasteiger charge is -2.16. The minimum atomic E-state index is -0.252. The molecule has 6 heteroatoms. The van der Waals surface area contributed by atoms with Crippen LogP contribution in [0, 0.1) is 0 Å². The number of hydrogen-bond donors (Lipinski definition) is 0. The third-order valence-corrected chi connectivity index (χ3v) is 4.78. The Morgan fingerprint density at radius 1 is 1.00 bits per heavy atom. The van der Waals surface area contributed by atoms with Crippen LogP contribution in [0.2, 0.25) is 0 Å². The van der Waals surface area contributed by atoms with E-state index in [2.05, 4.69) is 4.98 Å². The summed E-state index contributed by atoms with van der Waals surface area (Å²) < 4.78 is 1.70. The Morgan fingerprint density at radius 2 is 1.69 bits per heavy atom. The van der Waals surface area contributed by atoms with Crippen molar-refractivity contribution >= 4 is 23.0 Å². The summed E-state index contributed by atoms with van der Waals surface area (Å²) in [7, 11) is 1.71. The van der Waals surface area contributed by atoms with Crippen LogP contribution in [0.4, 0.5) is 5.69 Å². The minimum absolute atomic E-state index is 0.104. The predicted octanol–water partition coefficient (Wildman–Crippen LogP) is 2.85. The van der Waals surface area contributed by atoms with Gasteiger partial charge in [0.05, 0.1) is 5.52 Å². The molecule has 3 aromatic rings. The number of carbonyl (C=O) groups excluding carboxylic acids is 2. The van der Waals surface area contributed by atoms with Crippen LogP contribution in [0.25, 0.3) is 5.52 Å². The first kappa shape index (κ1) is 16.3. The van der Waals surface area contributed by atoms with Crippen LogP contribution >= 0.6 is 0 Å². The van der Waals surface area contributed by atoms with Gasteiger partial charge in [-0.15, -0.1) is 0 Å². The largest absolute Gasteiger partial charge is 0.337 e. The molecule has 0 radical (unpaired) electrons. The van der Waals surface area contributed by atoms with Gasteiger partial charge in [0.25, 0.3) is 11.8 Å².